The van der Waals surface area contributed by atoms with E-state index in [4.69, 9.17) is 5.73 Å². The van der Waals surface area contributed by atoms with E-state index in [-0.39, 0.29) is 11.3 Å². The molecule has 4 rings (SSSR count). The summed E-state index contributed by atoms with van der Waals surface area (Å²) in [5, 5.41) is 59.2. The highest BCUT2D eigenvalue weighted by atomic mass is 79.9. The largest absolute Gasteiger partial charge is 0.508 e. The number of carbonyl (C=O) groups is 4. The molecule has 210 valence electrons. The average molecular weight is 608 g/mol. The van der Waals surface area contributed by atoms with Crippen molar-refractivity contribution in [3.05, 3.63) is 40.2 Å². The Morgan fingerprint density at radius 3 is 2.26 bits per heavy atom. The highest BCUT2D eigenvalue weighted by Crippen LogP contribution is 2.56. The van der Waals surface area contributed by atoms with E-state index in [1.165, 1.54) is 31.1 Å². The summed E-state index contributed by atoms with van der Waals surface area (Å²) in [7, 11) is 2.87. The zero-order valence-corrected chi connectivity index (χ0v) is 23.4. The van der Waals surface area contributed by atoms with Crippen molar-refractivity contribution in [3.63, 3.8) is 0 Å². The second-order valence-electron chi connectivity index (χ2n) is 10.9. The van der Waals surface area contributed by atoms with Gasteiger partial charge >= 0.3 is 0 Å². The number of halogens is 1. The van der Waals surface area contributed by atoms with Crippen LogP contribution in [0, 0.1) is 11.8 Å². The smallest absolute Gasteiger partial charge is 0.255 e. The number of nitrogens with two attached hydrogens (primary N) is 1. The lowest BCUT2D eigenvalue weighted by atomic mass is 9.54. The number of fused-ring (bicyclic) bond motifs is 3. The molecule has 0 saturated heterocycles. The zero-order chi connectivity index (χ0) is 29.5. The van der Waals surface area contributed by atoms with Crippen molar-refractivity contribution >= 4 is 50.8 Å². The standard InChI is InChI=1S/C26H30BrN3O9/c1-8-9-6-7-10(29-24(38)25(2,3)27)17(31)12(9)18(32)13-11(8)19(33)15-16(30(4)5)20(34)14(23(28)37)22(36)26(15,39)21(13)35/h6-8,11,15-16,19,31-33,36,39H,1-5H3,(H2,28,37)(H,29,38)/t8?,11?,15?,16-,19?,26-/m0/s1. The van der Waals surface area contributed by atoms with Crippen LogP contribution in [0.4, 0.5) is 5.69 Å². The van der Waals surface area contributed by atoms with Crippen molar-refractivity contribution in [1.29, 1.82) is 0 Å². The first kappa shape index (κ1) is 28.7. The molecule has 2 amide bonds. The first-order valence-corrected chi connectivity index (χ1v) is 12.9. The molecule has 1 fully saturated rings. The van der Waals surface area contributed by atoms with Crippen LogP contribution in [-0.2, 0) is 19.2 Å². The summed E-state index contributed by atoms with van der Waals surface area (Å²) < 4.78 is -1.00. The molecule has 39 heavy (non-hydrogen) atoms. The second-order valence-corrected chi connectivity index (χ2v) is 12.9. The molecule has 1 aromatic carbocycles. The summed E-state index contributed by atoms with van der Waals surface area (Å²) in [5.41, 5.74) is 0.863. The molecule has 0 radical (unpaired) electrons. The van der Waals surface area contributed by atoms with Crippen molar-refractivity contribution in [2.24, 2.45) is 17.6 Å². The molecule has 0 bridgehead atoms. The maximum atomic E-state index is 14.0. The Morgan fingerprint density at radius 1 is 1.15 bits per heavy atom. The highest BCUT2D eigenvalue weighted by molar-refractivity contribution is 9.10. The summed E-state index contributed by atoms with van der Waals surface area (Å²) >= 11 is 3.22. The molecule has 12 nitrogen and oxygen atoms in total. The van der Waals surface area contributed by atoms with Crippen molar-refractivity contribution in [3.8, 4) is 5.75 Å². The lowest BCUT2D eigenvalue weighted by Gasteiger charge is -2.53. The van der Waals surface area contributed by atoms with Gasteiger partial charge in [-0.2, -0.15) is 0 Å². The number of aromatic hydroxyl groups is 1. The molecule has 13 heteroatoms. The Balaban J connectivity index is 1.98. The number of hydrogen-bond donors (Lipinski definition) is 7. The Bertz CT molecular complexity index is 1390. The number of alkyl halides is 1. The number of benzene rings is 1. The number of anilines is 1. The molecular weight excluding hydrogens is 578 g/mol. The van der Waals surface area contributed by atoms with Gasteiger partial charge in [0.05, 0.1) is 33.6 Å². The van der Waals surface area contributed by atoms with Gasteiger partial charge in [-0.25, -0.2) is 0 Å². The number of likely N-dealkylation sites (N-methyl/N-ethyl adjacent to an activating group) is 1. The number of aliphatic hydroxyl groups excluding tert-OH is 3. The third-order valence-corrected chi connectivity index (χ3v) is 8.28. The molecule has 1 aromatic rings. The van der Waals surface area contributed by atoms with Gasteiger partial charge < -0.3 is 36.6 Å². The minimum atomic E-state index is -2.99. The number of Topliss-reactive ketones (excluding diaryl/α,β-unsaturated/α-hetero) is 2. The average Bonchev–Trinajstić information content (AvgIpc) is 2.81. The van der Waals surface area contributed by atoms with Gasteiger partial charge in [-0.15, -0.1) is 0 Å². The SMILES string of the molecule is CC1c2ccc(NC(=O)C(C)(C)Br)c(O)c2C(O)=C2C(=O)[C@]3(O)C(O)=C(C(N)=O)C(=O)[C@@H](N(C)C)C3C(O)C21. The monoisotopic (exact) mass is 607 g/mol. The van der Waals surface area contributed by atoms with Crippen LogP contribution in [0.5, 0.6) is 5.75 Å². The molecule has 8 N–H and O–H groups in total. The van der Waals surface area contributed by atoms with Gasteiger partial charge in [0.2, 0.25) is 11.7 Å². The van der Waals surface area contributed by atoms with Crippen molar-refractivity contribution < 1.29 is 44.7 Å². The van der Waals surface area contributed by atoms with E-state index in [2.05, 4.69) is 21.2 Å². The van der Waals surface area contributed by atoms with Crippen molar-refractivity contribution in [2.45, 2.75) is 48.8 Å². The van der Waals surface area contributed by atoms with Crippen LogP contribution in [0.1, 0.15) is 37.8 Å². The van der Waals surface area contributed by atoms with Crippen LogP contribution < -0.4 is 11.1 Å². The maximum absolute atomic E-state index is 14.0. The van der Waals surface area contributed by atoms with Gasteiger partial charge in [0, 0.05) is 11.5 Å². The predicted molar refractivity (Wildman–Crippen MR) is 142 cm³/mol. The normalized spacial score (nSPS) is 30.6. The summed E-state index contributed by atoms with van der Waals surface area (Å²) in [6.45, 7) is 4.79. The number of ketones is 2. The number of nitrogens with zero attached hydrogens (tertiary/aromatic N) is 1. The molecular formula is C26H30BrN3O9. The van der Waals surface area contributed by atoms with Crippen molar-refractivity contribution in [2.75, 3.05) is 19.4 Å². The van der Waals surface area contributed by atoms with Gasteiger partial charge in [0.1, 0.15) is 22.8 Å². The molecule has 0 spiro atoms. The van der Waals surface area contributed by atoms with Crippen LogP contribution in [0.3, 0.4) is 0 Å². The topological polar surface area (TPSA) is 211 Å². The number of phenols is 1. The molecule has 3 aliphatic rings. The van der Waals surface area contributed by atoms with Gasteiger partial charge in [-0.3, -0.25) is 24.1 Å². The fourth-order valence-corrected chi connectivity index (χ4v) is 6.09. The maximum Gasteiger partial charge on any atom is 0.255 e. The fraction of sp³-hybridized carbons (Fsp3) is 0.462. The minimum absolute atomic E-state index is 0.0702. The Morgan fingerprint density at radius 2 is 1.74 bits per heavy atom. The summed E-state index contributed by atoms with van der Waals surface area (Å²) in [4.78, 5) is 53.0. The number of phenolic OH excluding ortho intramolecular Hbond substituents is 1. The first-order chi connectivity index (χ1) is 17.9. The highest BCUT2D eigenvalue weighted by Gasteiger charge is 2.68. The van der Waals surface area contributed by atoms with E-state index >= 15 is 0 Å². The van der Waals surface area contributed by atoms with E-state index in [1.54, 1.807) is 20.8 Å². The van der Waals surface area contributed by atoms with Crippen LogP contribution in [0.25, 0.3) is 5.76 Å². The van der Waals surface area contributed by atoms with E-state index in [0.717, 1.165) is 0 Å². The quantitative estimate of drug-likeness (QED) is 0.144. The van der Waals surface area contributed by atoms with E-state index in [0.29, 0.717) is 5.56 Å². The van der Waals surface area contributed by atoms with Gasteiger partial charge in [0.25, 0.3) is 5.91 Å². The number of rotatable bonds is 4. The fourth-order valence-electron chi connectivity index (χ4n) is 5.99. The predicted octanol–water partition coefficient (Wildman–Crippen LogP) is 0.608. The lowest BCUT2D eigenvalue weighted by molar-refractivity contribution is -0.169. The number of hydrogen-bond acceptors (Lipinski definition) is 10. The molecule has 0 aliphatic heterocycles. The Labute approximate surface area is 231 Å². The van der Waals surface area contributed by atoms with E-state index in [1.807, 2.05) is 0 Å². The number of primary amides is 1. The van der Waals surface area contributed by atoms with E-state index in [9.17, 15) is 44.7 Å². The zero-order valence-electron chi connectivity index (χ0n) is 21.8. The minimum Gasteiger partial charge on any atom is -0.508 e. The third kappa shape index (κ3) is 3.90. The molecule has 0 heterocycles. The summed E-state index contributed by atoms with van der Waals surface area (Å²) in [6, 6.07) is 1.50. The number of nitrogens with one attached hydrogen (secondary N) is 1. The molecule has 1 saturated carbocycles. The van der Waals surface area contributed by atoms with Crippen LogP contribution in [-0.4, -0.2) is 90.0 Å². The Kier molecular flexibility index (Phi) is 6.74. The third-order valence-electron chi connectivity index (χ3n) is 7.92. The molecule has 6 atom stereocenters. The summed E-state index contributed by atoms with van der Waals surface area (Å²) in [6.07, 6.45) is -1.68. The van der Waals surface area contributed by atoms with Crippen LogP contribution in [0.15, 0.2) is 29.0 Å². The molecule has 4 unspecified atom stereocenters. The van der Waals surface area contributed by atoms with Crippen LogP contribution in [0.2, 0.25) is 0 Å². The Hall–Kier alpha value is -3.26. The second kappa shape index (κ2) is 9.15. The van der Waals surface area contributed by atoms with Gasteiger partial charge in [-0.1, -0.05) is 28.9 Å². The lowest BCUT2D eigenvalue weighted by Crippen LogP contribution is -2.70. The van der Waals surface area contributed by atoms with E-state index < -0.39 is 91.6 Å². The van der Waals surface area contributed by atoms with Gasteiger partial charge in [0.15, 0.2) is 11.4 Å². The molecule has 3 aliphatic carbocycles. The van der Waals surface area contributed by atoms with Crippen molar-refractivity contribution in [1.82, 2.24) is 4.90 Å². The van der Waals surface area contributed by atoms with Crippen LogP contribution >= 0.6 is 15.9 Å². The number of carbonyl (C=O) groups excluding carboxylic acids is 4. The number of amides is 2. The van der Waals surface area contributed by atoms with Gasteiger partial charge in [-0.05, 0) is 45.5 Å². The summed E-state index contributed by atoms with van der Waals surface area (Å²) in [5.74, 6) is -10.3. The number of aliphatic hydroxyl groups is 4. The molecule has 0 aromatic heterocycles. The first-order valence-electron chi connectivity index (χ1n) is 12.1.